The van der Waals surface area contributed by atoms with Crippen LogP contribution in [0.2, 0.25) is 0 Å². The maximum absolute atomic E-state index is 12.0. The van der Waals surface area contributed by atoms with Crippen LogP contribution in [0.5, 0.6) is 0 Å². The lowest BCUT2D eigenvalue weighted by Crippen LogP contribution is -2.47. The van der Waals surface area contributed by atoms with Gasteiger partial charge in [0.2, 0.25) is 10.0 Å². The Kier molecular flexibility index (Phi) is 4.14. The predicted octanol–water partition coefficient (Wildman–Crippen LogP) is 0.799. The van der Waals surface area contributed by atoms with Crippen LogP contribution < -0.4 is 4.72 Å². The summed E-state index contributed by atoms with van der Waals surface area (Å²) >= 11 is 0. The van der Waals surface area contributed by atoms with Crippen LogP contribution in [0.3, 0.4) is 0 Å². The monoisotopic (exact) mass is 281 g/mol. The molecule has 1 saturated carbocycles. The lowest BCUT2D eigenvalue weighted by molar-refractivity contribution is -0.00475. The van der Waals surface area contributed by atoms with E-state index in [0.717, 1.165) is 0 Å². The van der Waals surface area contributed by atoms with Crippen molar-refractivity contribution in [1.29, 1.82) is 5.26 Å². The number of aromatic nitrogens is 1. The van der Waals surface area contributed by atoms with Gasteiger partial charge in [-0.25, -0.2) is 18.1 Å². The zero-order valence-electron chi connectivity index (χ0n) is 10.5. The zero-order chi connectivity index (χ0) is 13.9. The number of nitrogens with zero attached hydrogens (tertiary/aromatic N) is 2. The molecule has 0 aliphatic heterocycles. The molecule has 19 heavy (non-hydrogen) atoms. The van der Waals surface area contributed by atoms with Crippen molar-refractivity contribution in [1.82, 2.24) is 9.71 Å². The molecule has 0 bridgehead atoms. The van der Waals surface area contributed by atoms with Gasteiger partial charge < -0.3 is 4.74 Å². The number of hydrogen-bond acceptors (Lipinski definition) is 5. The quantitative estimate of drug-likeness (QED) is 0.861. The van der Waals surface area contributed by atoms with Crippen molar-refractivity contribution in [2.75, 3.05) is 6.61 Å². The molecule has 1 aliphatic carbocycles. The molecule has 0 aromatic carbocycles. The summed E-state index contributed by atoms with van der Waals surface area (Å²) < 4.78 is 32.0. The molecule has 0 radical (unpaired) electrons. The van der Waals surface area contributed by atoms with Crippen molar-refractivity contribution < 1.29 is 13.2 Å². The van der Waals surface area contributed by atoms with Gasteiger partial charge in [-0.3, -0.25) is 0 Å². The molecular weight excluding hydrogens is 266 g/mol. The Balaban J connectivity index is 1.97. The van der Waals surface area contributed by atoms with Gasteiger partial charge >= 0.3 is 0 Å². The van der Waals surface area contributed by atoms with Crippen LogP contribution in [-0.4, -0.2) is 32.2 Å². The maximum Gasteiger partial charge on any atom is 0.242 e. The molecule has 0 spiro atoms. The van der Waals surface area contributed by atoms with E-state index in [2.05, 4.69) is 9.71 Å². The third kappa shape index (κ3) is 3.29. The Morgan fingerprint density at radius 2 is 2.26 bits per heavy atom. The van der Waals surface area contributed by atoms with E-state index in [9.17, 15) is 8.42 Å². The Labute approximate surface area is 112 Å². The van der Waals surface area contributed by atoms with Gasteiger partial charge in [0.1, 0.15) is 16.7 Å². The molecule has 2 rings (SSSR count). The van der Waals surface area contributed by atoms with Crippen molar-refractivity contribution in [3.05, 3.63) is 24.0 Å². The fourth-order valence-electron chi connectivity index (χ4n) is 1.93. The second-order valence-electron chi connectivity index (χ2n) is 4.36. The van der Waals surface area contributed by atoms with Crippen LogP contribution in [-0.2, 0) is 14.8 Å². The highest BCUT2D eigenvalue weighted by molar-refractivity contribution is 7.89. The van der Waals surface area contributed by atoms with Crippen molar-refractivity contribution in [3.63, 3.8) is 0 Å². The highest BCUT2D eigenvalue weighted by Crippen LogP contribution is 2.24. The summed E-state index contributed by atoms with van der Waals surface area (Å²) in [5.41, 5.74) is 0.194. The minimum Gasteiger partial charge on any atom is -0.378 e. The topological polar surface area (TPSA) is 92.1 Å². The number of rotatable bonds is 5. The van der Waals surface area contributed by atoms with Gasteiger partial charge in [0, 0.05) is 18.8 Å². The minimum atomic E-state index is -3.56. The normalized spacial score (nSPS) is 22.5. The fourth-order valence-corrected chi connectivity index (χ4v) is 3.13. The standard InChI is InChI=1S/C12H15N3O3S/c1-2-18-11-5-10(6-11)15-19(16,17)12-4-3-9(7-13)14-8-12/h3-4,8,10-11,15H,2,5-6H2,1H3. The van der Waals surface area contributed by atoms with Gasteiger partial charge in [0.15, 0.2) is 0 Å². The molecule has 0 atom stereocenters. The number of pyridine rings is 1. The zero-order valence-corrected chi connectivity index (χ0v) is 11.4. The Hall–Kier alpha value is -1.49. The highest BCUT2D eigenvalue weighted by atomic mass is 32.2. The first kappa shape index (κ1) is 13.9. The lowest BCUT2D eigenvalue weighted by atomic mass is 9.90. The van der Waals surface area contributed by atoms with Gasteiger partial charge in [-0.2, -0.15) is 5.26 Å². The Bertz CT molecular complexity index is 571. The summed E-state index contributed by atoms with van der Waals surface area (Å²) in [7, 11) is -3.56. The molecule has 1 fully saturated rings. The first-order valence-corrected chi connectivity index (χ1v) is 7.53. The largest absolute Gasteiger partial charge is 0.378 e. The van der Waals surface area contributed by atoms with Gasteiger partial charge in [-0.1, -0.05) is 0 Å². The number of nitrogens with one attached hydrogen (secondary N) is 1. The summed E-state index contributed by atoms with van der Waals surface area (Å²) in [5, 5.41) is 8.61. The first-order chi connectivity index (χ1) is 9.05. The molecule has 0 unspecified atom stereocenters. The molecule has 1 aromatic heterocycles. The van der Waals surface area contributed by atoms with E-state index in [1.807, 2.05) is 13.0 Å². The fraction of sp³-hybridized carbons (Fsp3) is 0.500. The second-order valence-corrected chi connectivity index (χ2v) is 6.07. The Morgan fingerprint density at radius 3 is 2.79 bits per heavy atom. The van der Waals surface area contributed by atoms with E-state index in [1.165, 1.54) is 18.3 Å². The summed E-state index contributed by atoms with van der Waals surface area (Å²) in [5.74, 6) is 0. The van der Waals surface area contributed by atoms with Crippen LogP contribution >= 0.6 is 0 Å². The summed E-state index contributed by atoms with van der Waals surface area (Å²) in [4.78, 5) is 3.83. The molecule has 102 valence electrons. The molecule has 6 nitrogen and oxygen atoms in total. The molecule has 7 heteroatoms. The molecular formula is C12H15N3O3S. The van der Waals surface area contributed by atoms with E-state index in [-0.39, 0.29) is 22.7 Å². The van der Waals surface area contributed by atoms with Gasteiger partial charge in [0.25, 0.3) is 0 Å². The van der Waals surface area contributed by atoms with E-state index in [0.29, 0.717) is 19.4 Å². The van der Waals surface area contributed by atoms with Crippen LogP contribution in [0, 0.1) is 11.3 Å². The molecule has 1 N–H and O–H groups in total. The Morgan fingerprint density at radius 1 is 1.53 bits per heavy atom. The van der Waals surface area contributed by atoms with Crippen molar-refractivity contribution in [3.8, 4) is 6.07 Å². The predicted molar refractivity (Wildman–Crippen MR) is 67.7 cm³/mol. The van der Waals surface area contributed by atoms with Gasteiger partial charge in [-0.15, -0.1) is 0 Å². The minimum absolute atomic E-state index is 0.0753. The average Bonchev–Trinajstić information content (AvgIpc) is 2.36. The average molecular weight is 281 g/mol. The second kappa shape index (κ2) is 5.65. The molecule has 0 amide bonds. The number of ether oxygens (including phenoxy) is 1. The highest BCUT2D eigenvalue weighted by Gasteiger charge is 2.33. The molecule has 1 aromatic rings. The van der Waals surface area contributed by atoms with Crippen LogP contribution in [0.25, 0.3) is 0 Å². The van der Waals surface area contributed by atoms with Crippen LogP contribution in [0.1, 0.15) is 25.5 Å². The van der Waals surface area contributed by atoms with Gasteiger partial charge in [-0.05, 0) is 31.9 Å². The van der Waals surface area contributed by atoms with E-state index in [1.54, 1.807) is 0 Å². The van der Waals surface area contributed by atoms with E-state index in [4.69, 9.17) is 10.00 Å². The van der Waals surface area contributed by atoms with Crippen LogP contribution in [0.4, 0.5) is 0 Å². The van der Waals surface area contributed by atoms with Crippen molar-refractivity contribution in [2.45, 2.75) is 36.8 Å². The first-order valence-electron chi connectivity index (χ1n) is 6.05. The van der Waals surface area contributed by atoms with Gasteiger partial charge in [0.05, 0.1) is 6.10 Å². The lowest BCUT2D eigenvalue weighted by Gasteiger charge is -2.34. The number of sulfonamides is 1. The third-order valence-corrected chi connectivity index (χ3v) is 4.49. The third-order valence-electron chi connectivity index (χ3n) is 2.98. The number of hydrogen-bond donors (Lipinski definition) is 1. The van der Waals surface area contributed by atoms with Crippen LogP contribution in [0.15, 0.2) is 23.2 Å². The van der Waals surface area contributed by atoms with E-state index < -0.39 is 10.0 Å². The molecule has 1 heterocycles. The summed E-state index contributed by atoms with van der Waals surface area (Å²) in [6.45, 7) is 2.56. The summed E-state index contributed by atoms with van der Waals surface area (Å²) in [6.07, 6.45) is 2.73. The van der Waals surface area contributed by atoms with E-state index >= 15 is 0 Å². The smallest absolute Gasteiger partial charge is 0.242 e. The summed E-state index contributed by atoms with van der Waals surface area (Å²) in [6, 6.07) is 4.53. The SMILES string of the molecule is CCOC1CC(NS(=O)(=O)c2ccc(C#N)nc2)C1. The van der Waals surface area contributed by atoms with Crippen molar-refractivity contribution in [2.24, 2.45) is 0 Å². The van der Waals surface area contributed by atoms with Crippen molar-refractivity contribution >= 4 is 10.0 Å². The maximum atomic E-state index is 12.0. The molecule has 0 saturated heterocycles. The number of nitriles is 1. The molecule has 1 aliphatic rings.